The minimum absolute atomic E-state index is 0.0904. The highest BCUT2D eigenvalue weighted by Crippen LogP contribution is 2.15. The molecule has 1 atom stereocenters. The molecule has 0 aliphatic rings. The lowest BCUT2D eigenvalue weighted by Gasteiger charge is -2.18. The topological polar surface area (TPSA) is 78.9 Å². The predicted molar refractivity (Wildman–Crippen MR) is 288 cm³/mol. The van der Waals surface area contributed by atoms with Crippen molar-refractivity contribution in [1.29, 1.82) is 0 Å². The minimum Gasteiger partial charge on any atom is -0.462 e. The van der Waals surface area contributed by atoms with E-state index in [4.69, 9.17) is 14.2 Å². The van der Waals surface area contributed by atoms with Crippen molar-refractivity contribution in [1.82, 2.24) is 0 Å². The van der Waals surface area contributed by atoms with Crippen molar-refractivity contribution in [3.63, 3.8) is 0 Å². The standard InChI is InChI=1S/C61H104O6/c1-4-7-10-13-16-19-22-25-28-30-32-33-36-39-42-45-48-51-54-60(63)66-57-58(56-65-59(62)53-50-47-44-41-38-35-27-24-21-18-15-12-9-6-3)67-61(64)55-52-49-46-43-40-37-34-31-29-26-23-20-17-14-11-8-5-2/h9,12,16,18-19,21-22,25-26,28-30,32-33,58H,4-8,10-11,13-15,17,20,23-24,27,31,34-57H2,1-3H3/b12-9-,19-16-,21-18-,25-22-,29-26-,30-28-,33-32-. The molecule has 0 spiro atoms. The van der Waals surface area contributed by atoms with Gasteiger partial charge in [0.2, 0.25) is 0 Å². The molecule has 384 valence electrons. The normalized spacial score (nSPS) is 12.7. The van der Waals surface area contributed by atoms with Crippen molar-refractivity contribution in [2.45, 2.75) is 271 Å². The Morgan fingerprint density at radius 2 is 0.642 bits per heavy atom. The molecule has 0 aromatic heterocycles. The number of allylic oxidation sites excluding steroid dienone is 14. The van der Waals surface area contributed by atoms with Gasteiger partial charge < -0.3 is 14.2 Å². The monoisotopic (exact) mass is 933 g/mol. The summed E-state index contributed by atoms with van der Waals surface area (Å²) >= 11 is 0. The zero-order valence-electron chi connectivity index (χ0n) is 43.9. The second kappa shape index (κ2) is 55.2. The summed E-state index contributed by atoms with van der Waals surface area (Å²) < 4.78 is 16.8. The van der Waals surface area contributed by atoms with Gasteiger partial charge in [0, 0.05) is 19.3 Å². The molecular formula is C61H104O6. The van der Waals surface area contributed by atoms with E-state index in [1.54, 1.807) is 0 Å². The Balaban J connectivity index is 4.45. The molecule has 0 saturated carbocycles. The summed E-state index contributed by atoms with van der Waals surface area (Å²) in [5.74, 6) is -0.921. The molecular weight excluding hydrogens is 829 g/mol. The smallest absolute Gasteiger partial charge is 0.306 e. The molecule has 1 unspecified atom stereocenters. The SMILES string of the molecule is CC/C=C\C/C=C\CCCCCCCCCC(=O)OCC(COC(=O)CCCCCCC\C=C/C=C\C=C/C=C\CCCCC)OC(=O)CCCCCCCCC/C=C\CCCCCCCC. The van der Waals surface area contributed by atoms with E-state index in [0.717, 1.165) is 103 Å². The van der Waals surface area contributed by atoms with E-state index in [1.807, 2.05) is 0 Å². The summed E-state index contributed by atoms with van der Waals surface area (Å²) in [5, 5.41) is 0. The van der Waals surface area contributed by atoms with E-state index >= 15 is 0 Å². The molecule has 0 radical (unpaired) electrons. The highest BCUT2D eigenvalue weighted by molar-refractivity contribution is 5.71. The number of unbranched alkanes of at least 4 members (excludes halogenated alkanes) is 28. The summed E-state index contributed by atoms with van der Waals surface area (Å²) in [6, 6.07) is 0. The maximum atomic E-state index is 12.8. The van der Waals surface area contributed by atoms with Crippen LogP contribution in [0.1, 0.15) is 265 Å². The van der Waals surface area contributed by atoms with E-state index in [1.165, 1.54) is 122 Å². The summed E-state index contributed by atoms with van der Waals surface area (Å²) in [7, 11) is 0. The molecule has 67 heavy (non-hydrogen) atoms. The third-order valence-electron chi connectivity index (χ3n) is 11.9. The van der Waals surface area contributed by atoms with Crippen LogP contribution >= 0.6 is 0 Å². The average Bonchev–Trinajstić information content (AvgIpc) is 3.33. The molecule has 0 aliphatic carbocycles. The van der Waals surface area contributed by atoms with Crippen LogP contribution in [0.3, 0.4) is 0 Å². The Hall–Kier alpha value is -3.41. The van der Waals surface area contributed by atoms with E-state index in [-0.39, 0.29) is 31.1 Å². The first-order valence-electron chi connectivity index (χ1n) is 28.1. The third-order valence-corrected chi connectivity index (χ3v) is 11.9. The van der Waals surface area contributed by atoms with Crippen LogP contribution in [-0.4, -0.2) is 37.2 Å². The fourth-order valence-electron chi connectivity index (χ4n) is 7.72. The van der Waals surface area contributed by atoms with Crippen molar-refractivity contribution in [2.24, 2.45) is 0 Å². The second-order valence-electron chi connectivity index (χ2n) is 18.5. The van der Waals surface area contributed by atoms with Crippen LogP contribution in [0.2, 0.25) is 0 Å². The summed E-state index contributed by atoms with van der Waals surface area (Å²) in [4.78, 5) is 38.1. The lowest BCUT2D eigenvalue weighted by molar-refractivity contribution is -0.167. The summed E-state index contributed by atoms with van der Waals surface area (Å²) in [6.07, 6.45) is 71.3. The van der Waals surface area contributed by atoms with Crippen LogP contribution < -0.4 is 0 Å². The van der Waals surface area contributed by atoms with Crippen molar-refractivity contribution >= 4 is 17.9 Å². The van der Waals surface area contributed by atoms with Gasteiger partial charge in [-0.2, -0.15) is 0 Å². The van der Waals surface area contributed by atoms with Gasteiger partial charge in [0.1, 0.15) is 13.2 Å². The average molecular weight is 933 g/mol. The first-order chi connectivity index (χ1) is 33.0. The Kier molecular flexibility index (Phi) is 52.4. The second-order valence-corrected chi connectivity index (χ2v) is 18.5. The van der Waals surface area contributed by atoms with Gasteiger partial charge in [-0.25, -0.2) is 0 Å². The van der Waals surface area contributed by atoms with Crippen molar-refractivity contribution in [3.05, 3.63) is 85.1 Å². The lowest BCUT2D eigenvalue weighted by Crippen LogP contribution is -2.30. The fourth-order valence-corrected chi connectivity index (χ4v) is 7.72. The fraction of sp³-hybridized carbons (Fsp3) is 0.721. The van der Waals surface area contributed by atoms with Crippen LogP contribution in [-0.2, 0) is 28.6 Å². The van der Waals surface area contributed by atoms with E-state index in [9.17, 15) is 14.4 Å². The van der Waals surface area contributed by atoms with Gasteiger partial charge in [-0.05, 0) is 96.3 Å². The first kappa shape index (κ1) is 63.6. The third kappa shape index (κ3) is 53.4. The molecule has 6 nitrogen and oxygen atoms in total. The maximum Gasteiger partial charge on any atom is 0.306 e. The van der Waals surface area contributed by atoms with E-state index < -0.39 is 6.10 Å². The summed E-state index contributed by atoms with van der Waals surface area (Å²) in [5.41, 5.74) is 0. The van der Waals surface area contributed by atoms with Gasteiger partial charge in [0.25, 0.3) is 0 Å². The number of rotatable bonds is 50. The molecule has 0 rings (SSSR count). The van der Waals surface area contributed by atoms with Crippen molar-refractivity contribution in [2.75, 3.05) is 13.2 Å². The quantitative estimate of drug-likeness (QED) is 0.0199. The number of carbonyl (C=O) groups excluding carboxylic acids is 3. The number of ether oxygens (including phenoxy) is 3. The van der Waals surface area contributed by atoms with E-state index in [2.05, 4.69) is 106 Å². The Morgan fingerprint density at radius 1 is 0.328 bits per heavy atom. The van der Waals surface area contributed by atoms with Crippen LogP contribution in [0.25, 0.3) is 0 Å². The molecule has 0 amide bonds. The summed E-state index contributed by atoms with van der Waals surface area (Å²) in [6.45, 7) is 6.47. The highest BCUT2D eigenvalue weighted by atomic mass is 16.6. The maximum absolute atomic E-state index is 12.8. The number of hydrogen-bond donors (Lipinski definition) is 0. The molecule has 0 fully saturated rings. The number of hydrogen-bond acceptors (Lipinski definition) is 6. The van der Waals surface area contributed by atoms with Gasteiger partial charge in [-0.1, -0.05) is 234 Å². The number of esters is 3. The number of carbonyl (C=O) groups is 3. The highest BCUT2D eigenvalue weighted by Gasteiger charge is 2.19. The van der Waals surface area contributed by atoms with Gasteiger partial charge in [0.15, 0.2) is 6.10 Å². The Bertz CT molecular complexity index is 1300. The van der Waals surface area contributed by atoms with Crippen LogP contribution in [0.4, 0.5) is 0 Å². The molecule has 0 heterocycles. The van der Waals surface area contributed by atoms with Gasteiger partial charge in [-0.3, -0.25) is 14.4 Å². The predicted octanol–water partition coefficient (Wildman–Crippen LogP) is 18.8. The van der Waals surface area contributed by atoms with Crippen molar-refractivity contribution < 1.29 is 28.6 Å². The molecule has 0 saturated heterocycles. The first-order valence-corrected chi connectivity index (χ1v) is 28.1. The molecule has 0 aliphatic heterocycles. The zero-order chi connectivity index (χ0) is 48.6. The lowest BCUT2D eigenvalue weighted by atomic mass is 10.1. The minimum atomic E-state index is -0.793. The molecule has 0 N–H and O–H groups in total. The zero-order valence-corrected chi connectivity index (χ0v) is 43.9. The molecule has 0 bridgehead atoms. The Labute approximate surface area is 414 Å². The van der Waals surface area contributed by atoms with Gasteiger partial charge in [-0.15, -0.1) is 0 Å². The van der Waals surface area contributed by atoms with Gasteiger partial charge in [0.05, 0.1) is 0 Å². The van der Waals surface area contributed by atoms with Crippen molar-refractivity contribution in [3.8, 4) is 0 Å². The molecule has 6 heteroatoms. The van der Waals surface area contributed by atoms with Crippen LogP contribution in [0.5, 0.6) is 0 Å². The molecule has 0 aromatic rings. The largest absolute Gasteiger partial charge is 0.462 e. The van der Waals surface area contributed by atoms with E-state index in [0.29, 0.717) is 19.3 Å². The molecule has 0 aromatic carbocycles. The van der Waals surface area contributed by atoms with Crippen LogP contribution in [0, 0.1) is 0 Å². The Morgan fingerprint density at radius 3 is 1.07 bits per heavy atom. The van der Waals surface area contributed by atoms with Crippen LogP contribution in [0.15, 0.2) is 85.1 Å². The van der Waals surface area contributed by atoms with Gasteiger partial charge >= 0.3 is 17.9 Å².